The van der Waals surface area contributed by atoms with E-state index in [0.29, 0.717) is 17.3 Å². The molecule has 6 atom stereocenters. The fourth-order valence-electron chi connectivity index (χ4n) is 15.3. The van der Waals surface area contributed by atoms with Crippen molar-refractivity contribution < 1.29 is 4.74 Å². The van der Waals surface area contributed by atoms with Crippen LogP contribution in [0.5, 0.6) is 11.5 Å². The molecule has 2 heteroatoms. The fourth-order valence-corrected chi connectivity index (χ4v) is 15.3. The van der Waals surface area contributed by atoms with E-state index in [1.165, 1.54) is 111 Å². The van der Waals surface area contributed by atoms with Crippen molar-refractivity contribution >= 4 is 17.1 Å². The van der Waals surface area contributed by atoms with Crippen molar-refractivity contribution in [1.82, 2.24) is 0 Å². The minimum Gasteiger partial charge on any atom is -0.457 e. The van der Waals surface area contributed by atoms with Crippen molar-refractivity contribution in [2.24, 2.45) is 29.1 Å². The van der Waals surface area contributed by atoms with Crippen molar-refractivity contribution in [3.63, 3.8) is 0 Å². The Morgan fingerprint density at radius 1 is 0.525 bits per heavy atom. The van der Waals surface area contributed by atoms with Crippen LogP contribution in [0.2, 0.25) is 0 Å². The van der Waals surface area contributed by atoms with Gasteiger partial charge in [-0.2, -0.15) is 0 Å². The molecule has 294 valence electrons. The van der Waals surface area contributed by atoms with E-state index in [2.05, 4.69) is 174 Å². The maximum atomic E-state index is 7.16. The average Bonchev–Trinajstić information content (AvgIpc) is 3.85. The minimum atomic E-state index is -0.0981. The summed E-state index contributed by atoms with van der Waals surface area (Å²) < 4.78 is 7.16. The maximum Gasteiger partial charge on any atom is 0.132 e. The maximum absolute atomic E-state index is 7.16. The van der Waals surface area contributed by atoms with Gasteiger partial charge in [0.15, 0.2) is 0 Å². The van der Waals surface area contributed by atoms with Gasteiger partial charge >= 0.3 is 0 Å². The van der Waals surface area contributed by atoms with Crippen LogP contribution in [0.1, 0.15) is 113 Å². The van der Waals surface area contributed by atoms with Gasteiger partial charge in [-0.25, -0.2) is 0 Å². The van der Waals surface area contributed by atoms with Gasteiger partial charge in [-0.3, -0.25) is 0 Å². The van der Waals surface area contributed by atoms with E-state index in [0.717, 1.165) is 23.3 Å². The van der Waals surface area contributed by atoms with Crippen LogP contribution in [0, 0.1) is 29.1 Å². The molecule has 0 N–H and O–H groups in total. The van der Waals surface area contributed by atoms with Gasteiger partial charge in [0.05, 0.1) is 5.69 Å². The lowest BCUT2D eigenvalue weighted by molar-refractivity contribution is -0.234. The molecule has 6 unspecified atom stereocenters. The molecule has 4 saturated carbocycles. The molecule has 0 saturated heterocycles. The molecule has 6 aromatic carbocycles. The van der Waals surface area contributed by atoms with Crippen LogP contribution in [0.4, 0.5) is 17.1 Å². The summed E-state index contributed by atoms with van der Waals surface area (Å²) in [6, 6.07) is 49.0. The lowest BCUT2D eigenvalue weighted by atomic mass is 9.26. The molecule has 59 heavy (non-hydrogen) atoms. The molecule has 1 aliphatic heterocycles. The molecule has 0 radical (unpaired) electrons. The van der Waals surface area contributed by atoms with Crippen LogP contribution < -0.4 is 9.64 Å². The number of nitrogens with zero attached hydrogens (tertiary/aromatic N) is 1. The zero-order chi connectivity index (χ0) is 39.8. The van der Waals surface area contributed by atoms with Crippen molar-refractivity contribution in [3.8, 4) is 33.8 Å². The van der Waals surface area contributed by atoms with E-state index in [9.17, 15) is 0 Å². The van der Waals surface area contributed by atoms with E-state index >= 15 is 0 Å². The molecule has 2 nitrogen and oxygen atoms in total. The minimum absolute atomic E-state index is 0.0262. The Hall–Kier alpha value is -5.08. The molecule has 1 heterocycles. The van der Waals surface area contributed by atoms with Crippen molar-refractivity contribution in [2.75, 3.05) is 4.90 Å². The lowest BCUT2D eigenvalue weighted by Crippen LogP contribution is -2.74. The highest BCUT2D eigenvalue weighted by atomic mass is 16.5. The van der Waals surface area contributed by atoms with Gasteiger partial charge in [0, 0.05) is 33.3 Å². The van der Waals surface area contributed by atoms with E-state index in [1.54, 1.807) is 0 Å². The zero-order valence-electron chi connectivity index (χ0n) is 35.5. The molecule has 2 spiro atoms. The van der Waals surface area contributed by atoms with Crippen molar-refractivity contribution in [2.45, 2.75) is 102 Å². The second-order valence-corrected chi connectivity index (χ2v) is 21.6. The molecule has 13 rings (SSSR count). The van der Waals surface area contributed by atoms with Crippen LogP contribution in [-0.4, -0.2) is 0 Å². The first kappa shape index (κ1) is 34.8. The SMILES string of the molecule is CC1(C)CCC(C)(C)c2c(N(c3ccc4c(c3)C(C)(C)c3ccccc3-4)c3ccc4c(c3)C3(c5c(cccc5-c5ccccc5)O4)C4CC5CC6CC3C64C5)cccc21. The summed E-state index contributed by atoms with van der Waals surface area (Å²) in [6.07, 6.45) is 7.94. The molecular weight excluding hydrogens is 715 g/mol. The topological polar surface area (TPSA) is 12.5 Å². The Labute approximate surface area is 350 Å². The molecule has 2 bridgehead atoms. The Morgan fingerprint density at radius 3 is 2.03 bits per heavy atom. The van der Waals surface area contributed by atoms with Gasteiger partial charge in [-0.15, -0.1) is 0 Å². The van der Waals surface area contributed by atoms with Crippen LogP contribution in [0.25, 0.3) is 22.3 Å². The van der Waals surface area contributed by atoms with Crippen LogP contribution >= 0.6 is 0 Å². The Balaban J connectivity index is 1.07. The Kier molecular flexibility index (Phi) is 6.59. The number of anilines is 3. The smallest absolute Gasteiger partial charge is 0.132 e. The highest BCUT2D eigenvalue weighted by Gasteiger charge is 2.84. The van der Waals surface area contributed by atoms with E-state index in [-0.39, 0.29) is 21.7 Å². The second kappa shape index (κ2) is 11.2. The van der Waals surface area contributed by atoms with E-state index in [1.807, 2.05) is 0 Å². The summed E-state index contributed by atoms with van der Waals surface area (Å²) in [7, 11) is 0. The largest absolute Gasteiger partial charge is 0.457 e. The lowest BCUT2D eigenvalue weighted by Gasteiger charge is -2.77. The molecular formula is C57H55NO. The molecule has 7 aliphatic rings. The van der Waals surface area contributed by atoms with Gasteiger partial charge in [-0.1, -0.05) is 126 Å². The van der Waals surface area contributed by atoms with Crippen molar-refractivity contribution in [3.05, 3.63) is 161 Å². The first-order chi connectivity index (χ1) is 28.4. The van der Waals surface area contributed by atoms with Gasteiger partial charge in [0.2, 0.25) is 0 Å². The van der Waals surface area contributed by atoms with Crippen LogP contribution in [0.3, 0.4) is 0 Å². The molecule has 0 amide bonds. The Bertz CT molecular complexity index is 2790. The first-order valence-corrected chi connectivity index (χ1v) is 22.6. The van der Waals surface area contributed by atoms with E-state index < -0.39 is 0 Å². The number of fused-ring (bicyclic) bond motifs is 11. The van der Waals surface area contributed by atoms with Gasteiger partial charge in [-0.05, 0) is 165 Å². The third kappa shape index (κ3) is 4.15. The average molecular weight is 770 g/mol. The summed E-state index contributed by atoms with van der Waals surface area (Å²) >= 11 is 0. The number of hydrogen-bond acceptors (Lipinski definition) is 2. The molecule has 6 aliphatic carbocycles. The van der Waals surface area contributed by atoms with Crippen molar-refractivity contribution in [1.29, 1.82) is 0 Å². The second-order valence-electron chi connectivity index (χ2n) is 21.6. The summed E-state index contributed by atoms with van der Waals surface area (Å²) in [5.74, 6) is 5.21. The fraction of sp³-hybridized carbons (Fsp3) is 0.368. The first-order valence-electron chi connectivity index (χ1n) is 22.6. The Morgan fingerprint density at radius 2 is 1.20 bits per heavy atom. The summed E-state index contributed by atoms with van der Waals surface area (Å²) in [4.78, 5) is 2.66. The number of ether oxygens (including phenoxy) is 1. The molecule has 4 fully saturated rings. The van der Waals surface area contributed by atoms with E-state index in [4.69, 9.17) is 4.74 Å². The monoisotopic (exact) mass is 769 g/mol. The van der Waals surface area contributed by atoms with Gasteiger partial charge in [0.25, 0.3) is 0 Å². The van der Waals surface area contributed by atoms with Gasteiger partial charge in [0.1, 0.15) is 11.5 Å². The quantitative estimate of drug-likeness (QED) is 0.177. The van der Waals surface area contributed by atoms with Crippen LogP contribution in [-0.2, 0) is 21.7 Å². The summed E-state index contributed by atoms with van der Waals surface area (Å²) in [5, 5.41) is 0. The number of rotatable bonds is 4. The number of hydrogen-bond donors (Lipinski definition) is 0. The highest BCUT2D eigenvalue weighted by molar-refractivity contribution is 5.88. The van der Waals surface area contributed by atoms with Gasteiger partial charge < -0.3 is 9.64 Å². The van der Waals surface area contributed by atoms with Crippen LogP contribution in [0.15, 0.2) is 127 Å². The standard InChI is InChI=1S/C57H55NO/c1-53(2)26-27-54(3,4)52-43(53)19-13-20-46(52)58(37-22-24-41-40-16-10-11-18-42(40)55(5,6)44(41)31-37)38-23-25-47-45(32-38)57(49-29-34-28-36-30-50(57)56(36,49)33-34)51-39(17-12-21-48(51)59-47)35-14-8-7-9-15-35/h7-25,31-32,34,36,49-50H,26-30,33H2,1-6H3. The summed E-state index contributed by atoms with van der Waals surface area (Å²) in [6.45, 7) is 14.7. The highest BCUT2D eigenvalue weighted by Crippen LogP contribution is 2.89. The third-order valence-corrected chi connectivity index (χ3v) is 17.8. The summed E-state index contributed by atoms with van der Waals surface area (Å²) in [5.41, 5.74) is 18.4. The normalized spacial score (nSPS) is 29.5. The number of benzene rings is 6. The predicted octanol–water partition coefficient (Wildman–Crippen LogP) is 14.9. The predicted molar refractivity (Wildman–Crippen MR) is 242 cm³/mol. The molecule has 0 aromatic heterocycles. The zero-order valence-corrected chi connectivity index (χ0v) is 35.5. The third-order valence-electron chi connectivity index (χ3n) is 17.8. The molecule has 6 aromatic rings.